The Morgan fingerprint density at radius 3 is 2.78 bits per heavy atom. The predicted octanol–water partition coefficient (Wildman–Crippen LogP) is 1.29. The lowest BCUT2D eigenvalue weighted by Gasteiger charge is -2.02. The van der Waals surface area contributed by atoms with Gasteiger partial charge in [0, 0.05) is 12.6 Å². The van der Waals surface area contributed by atoms with Gasteiger partial charge in [-0.1, -0.05) is 6.07 Å². The van der Waals surface area contributed by atoms with Crippen LogP contribution in [0.2, 0.25) is 0 Å². The number of rotatable bonds is 3. The third-order valence-corrected chi connectivity index (χ3v) is 2.76. The Hall–Kier alpha value is -2.27. The molecule has 0 amide bonds. The normalized spacial score (nSPS) is 10.9. The third kappa shape index (κ3) is 1.84. The van der Waals surface area contributed by atoms with Crippen LogP contribution in [0.4, 0.5) is 0 Å². The SMILES string of the molecule is NCCc1cnc2ccc(-c3ccccn3)nn12. The van der Waals surface area contributed by atoms with E-state index in [0.717, 1.165) is 29.1 Å². The van der Waals surface area contributed by atoms with Gasteiger partial charge in [0.2, 0.25) is 0 Å². The molecule has 0 saturated carbocycles. The van der Waals surface area contributed by atoms with Crippen molar-refractivity contribution in [1.29, 1.82) is 0 Å². The Morgan fingerprint density at radius 2 is 2.00 bits per heavy atom. The highest BCUT2D eigenvalue weighted by Gasteiger charge is 2.06. The summed E-state index contributed by atoms with van der Waals surface area (Å²) in [5.41, 5.74) is 9.12. The fraction of sp³-hybridized carbons (Fsp3) is 0.154. The van der Waals surface area contributed by atoms with Gasteiger partial charge in [-0.3, -0.25) is 4.98 Å². The van der Waals surface area contributed by atoms with Crippen molar-refractivity contribution < 1.29 is 0 Å². The lowest BCUT2D eigenvalue weighted by atomic mass is 10.2. The van der Waals surface area contributed by atoms with E-state index in [0.29, 0.717) is 6.54 Å². The van der Waals surface area contributed by atoms with E-state index >= 15 is 0 Å². The maximum atomic E-state index is 5.58. The van der Waals surface area contributed by atoms with Gasteiger partial charge in [0.15, 0.2) is 5.65 Å². The number of fused-ring (bicyclic) bond motifs is 1. The van der Waals surface area contributed by atoms with E-state index in [1.807, 2.05) is 41.0 Å². The quantitative estimate of drug-likeness (QED) is 0.747. The van der Waals surface area contributed by atoms with Crippen molar-refractivity contribution in [2.75, 3.05) is 6.54 Å². The van der Waals surface area contributed by atoms with Gasteiger partial charge in [-0.2, -0.15) is 5.10 Å². The maximum absolute atomic E-state index is 5.58. The molecular formula is C13H13N5. The molecule has 3 aromatic rings. The molecule has 90 valence electrons. The van der Waals surface area contributed by atoms with E-state index in [2.05, 4.69) is 15.1 Å². The Kier molecular flexibility index (Phi) is 2.74. The molecule has 3 rings (SSSR count). The van der Waals surface area contributed by atoms with Crippen LogP contribution >= 0.6 is 0 Å². The summed E-state index contributed by atoms with van der Waals surface area (Å²) in [7, 11) is 0. The minimum atomic E-state index is 0.587. The molecule has 0 saturated heterocycles. The van der Waals surface area contributed by atoms with Crippen LogP contribution < -0.4 is 5.73 Å². The molecule has 0 radical (unpaired) electrons. The highest BCUT2D eigenvalue weighted by atomic mass is 15.3. The summed E-state index contributed by atoms with van der Waals surface area (Å²) < 4.78 is 1.83. The van der Waals surface area contributed by atoms with Gasteiger partial charge in [0.05, 0.1) is 17.6 Å². The number of aromatic nitrogens is 4. The van der Waals surface area contributed by atoms with Crippen LogP contribution in [-0.2, 0) is 6.42 Å². The topological polar surface area (TPSA) is 69.1 Å². The minimum absolute atomic E-state index is 0.587. The number of hydrogen-bond acceptors (Lipinski definition) is 4. The molecule has 0 atom stereocenters. The van der Waals surface area contributed by atoms with Crippen LogP contribution in [0.1, 0.15) is 5.69 Å². The highest BCUT2D eigenvalue weighted by molar-refractivity contribution is 5.55. The summed E-state index contributed by atoms with van der Waals surface area (Å²) in [6.45, 7) is 0.587. The molecule has 0 aromatic carbocycles. The van der Waals surface area contributed by atoms with E-state index < -0.39 is 0 Å². The zero-order valence-corrected chi connectivity index (χ0v) is 9.82. The van der Waals surface area contributed by atoms with Crippen molar-refractivity contribution in [2.24, 2.45) is 5.73 Å². The van der Waals surface area contributed by atoms with Gasteiger partial charge < -0.3 is 5.73 Å². The fourth-order valence-electron chi connectivity index (χ4n) is 1.89. The number of nitrogens with two attached hydrogens (primary N) is 1. The second-order valence-corrected chi connectivity index (χ2v) is 3.99. The molecule has 0 aliphatic carbocycles. The van der Waals surface area contributed by atoms with Crippen molar-refractivity contribution in [3.05, 3.63) is 48.4 Å². The molecular weight excluding hydrogens is 226 g/mol. The van der Waals surface area contributed by atoms with Crippen molar-refractivity contribution in [2.45, 2.75) is 6.42 Å². The van der Waals surface area contributed by atoms with Crippen LogP contribution in [-0.4, -0.2) is 26.1 Å². The van der Waals surface area contributed by atoms with Gasteiger partial charge in [-0.05, 0) is 30.8 Å². The number of nitrogens with zero attached hydrogens (tertiary/aromatic N) is 4. The van der Waals surface area contributed by atoms with Gasteiger partial charge in [-0.25, -0.2) is 9.50 Å². The summed E-state index contributed by atoms with van der Waals surface area (Å²) in [5, 5.41) is 4.56. The number of pyridine rings is 1. The van der Waals surface area contributed by atoms with Crippen molar-refractivity contribution in [3.63, 3.8) is 0 Å². The second-order valence-electron chi connectivity index (χ2n) is 3.99. The Balaban J connectivity index is 2.12. The summed E-state index contributed by atoms with van der Waals surface area (Å²) in [4.78, 5) is 8.59. The molecule has 18 heavy (non-hydrogen) atoms. The zero-order valence-electron chi connectivity index (χ0n) is 9.82. The summed E-state index contributed by atoms with van der Waals surface area (Å²) in [6.07, 6.45) is 4.34. The first-order valence-electron chi connectivity index (χ1n) is 5.83. The average molecular weight is 239 g/mol. The van der Waals surface area contributed by atoms with Gasteiger partial charge in [0.1, 0.15) is 5.69 Å². The van der Waals surface area contributed by atoms with E-state index in [4.69, 9.17) is 5.73 Å². The predicted molar refractivity (Wildman–Crippen MR) is 69.0 cm³/mol. The molecule has 3 aromatic heterocycles. The minimum Gasteiger partial charge on any atom is -0.330 e. The summed E-state index contributed by atoms with van der Waals surface area (Å²) >= 11 is 0. The molecule has 0 unspecified atom stereocenters. The molecule has 2 N–H and O–H groups in total. The number of imidazole rings is 1. The smallest absolute Gasteiger partial charge is 0.153 e. The van der Waals surface area contributed by atoms with Crippen LogP contribution in [0.25, 0.3) is 17.0 Å². The largest absolute Gasteiger partial charge is 0.330 e. The van der Waals surface area contributed by atoms with Crippen molar-refractivity contribution in [1.82, 2.24) is 19.6 Å². The first-order chi connectivity index (χ1) is 8.88. The molecule has 3 heterocycles. The van der Waals surface area contributed by atoms with Gasteiger partial charge >= 0.3 is 0 Å². The second kappa shape index (κ2) is 4.54. The van der Waals surface area contributed by atoms with Crippen molar-refractivity contribution >= 4 is 5.65 Å². The van der Waals surface area contributed by atoms with E-state index in [1.54, 1.807) is 6.20 Å². The molecule has 0 spiro atoms. The van der Waals surface area contributed by atoms with E-state index in [1.165, 1.54) is 0 Å². The van der Waals surface area contributed by atoms with Crippen LogP contribution in [0, 0.1) is 0 Å². The first kappa shape index (κ1) is 10.9. The van der Waals surface area contributed by atoms with Crippen LogP contribution in [0.3, 0.4) is 0 Å². The van der Waals surface area contributed by atoms with Crippen molar-refractivity contribution in [3.8, 4) is 11.4 Å². The zero-order chi connectivity index (χ0) is 12.4. The molecule has 0 aliphatic heterocycles. The van der Waals surface area contributed by atoms with Crippen LogP contribution in [0.15, 0.2) is 42.7 Å². The van der Waals surface area contributed by atoms with Gasteiger partial charge in [-0.15, -0.1) is 0 Å². The standard InChI is InChI=1S/C13H13N5/c14-7-6-10-9-16-13-5-4-12(17-18(10)13)11-3-1-2-8-15-11/h1-5,8-9H,6-7,14H2. The molecule has 0 fully saturated rings. The molecule has 0 bridgehead atoms. The fourth-order valence-corrected chi connectivity index (χ4v) is 1.89. The van der Waals surface area contributed by atoms with E-state index in [-0.39, 0.29) is 0 Å². The molecule has 5 heteroatoms. The van der Waals surface area contributed by atoms with Crippen LogP contribution in [0.5, 0.6) is 0 Å². The molecule has 0 aliphatic rings. The maximum Gasteiger partial charge on any atom is 0.153 e. The highest BCUT2D eigenvalue weighted by Crippen LogP contribution is 2.15. The number of hydrogen-bond donors (Lipinski definition) is 1. The molecule has 5 nitrogen and oxygen atoms in total. The summed E-state index contributed by atoms with van der Waals surface area (Å²) in [6, 6.07) is 9.64. The monoisotopic (exact) mass is 239 g/mol. The Labute approximate surface area is 104 Å². The average Bonchev–Trinajstić information content (AvgIpc) is 2.83. The lowest BCUT2D eigenvalue weighted by Crippen LogP contribution is -2.07. The Morgan fingerprint density at radius 1 is 1.06 bits per heavy atom. The van der Waals surface area contributed by atoms with E-state index in [9.17, 15) is 0 Å². The first-order valence-corrected chi connectivity index (χ1v) is 5.83. The summed E-state index contributed by atoms with van der Waals surface area (Å²) in [5.74, 6) is 0. The lowest BCUT2D eigenvalue weighted by molar-refractivity contribution is 0.828. The van der Waals surface area contributed by atoms with Gasteiger partial charge in [0.25, 0.3) is 0 Å². The Bertz CT molecular complexity index is 659. The third-order valence-electron chi connectivity index (χ3n) is 2.76.